The van der Waals surface area contributed by atoms with Crippen LogP contribution in [-0.4, -0.2) is 43.6 Å². The molecule has 0 aliphatic carbocycles. The molecule has 25 heavy (non-hydrogen) atoms. The van der Waals surface area contributed by atoms with Gasteiger partial charge < -0.3 is 15.0 Å². The first-order valence-electron chi connectivity index (χ1n) is 8.22. The van der Waals surface area contributed by atoms with Crippen LogP contribution in [-0.2, 0) is 0 Å². The van der Waals surface area contributed by atoms with Crippen molar-refractivity contribution in [1.82, 2.24) is 19.5 Å². The third kappa shape index (κ3) is 3.36. The molecule has 2 aromatic heterocycles. The molecule has 0 unspecified atom stereocenters. The molecule has 0 fully saturated rings. The zero-order chi connectivity index (χ0) is 18.0. The summed E-state index contributed by atoms with van der Waals surface area (Å²) in [6.45, 7) is 6.00. The number of ketones is 1. The van der Waals surface area contributed by atoms with Crippen LogP contribution in [0.3, 0.4) is 0 Å². The number of fused-ring (bicyclic) bond motifs is 1. The fourth-order valence-electron chi connectivity index (χ4n) is 2.60. The number of hydrogen-bond acceptors (Lipinski definition) is 6. The van der Waals surface area contributed by atoms with Gasteiger partial charge in [0.2, 0.25) is 0 Å². The van der Waals surface area contributed by atoms with Crippen molar-refractivity contribution in [3.05, 3.63) is 36.2 Å². The van der Waals surface area contributed by atoms with E-state index in [1.807, 2.05) is 16.7 Å². The Kier molecular flexibility index (Phi) is 4.76. The van der Waals surface area contributed by atoms with Gasteiger partial charge >= 0.3 is 0 Å². The zero-order valence-corrected chi connectivity index (χ0v) is 14.5. The minimum absolute atomic E-state index is 0.00576. The van der Waals surface area contributed by atoms with Gasteiger partial charge in [-0.3, -0.25) is 4.79 Å². The molecule has 0 saturated carbocycles. The maximum Gasteiger partial charge on any atom is 0.166 e. The van der Waals surface area contributed by atoms with Crippen molar-refractivity contribution in [2.24, 2.45) is 0 Å². The van der Waals surface area contributed by atoms with Crippen molar-refractivity contribution in [3.63, 3.8) is 0 Å². The zero-order valence-electron chi connectivity index (χ0n) is 14.5. The average Bonchev–Trinajstić information content (AvgIpc) is 3.04. The summed E-state index contributed by atoms with van der Waals surface area (Å²) in [5.74, 6) is 1.08. The molecule has 130 valence electrons. The summed E-state index contributed by atoms with van der Waals surface area (Å²) in [7, 11) is 0. The third-order valence-corrected chi connectivity index (χ3v) is 3.91. The number of imidazole rings is 1. The number of hydrogen-bond donors (Lipinski definition) is 2. The molecule has 3 rings (SSSR count). The van der Waals surface area contributed by atoms with Crippen LogP contribution in [0.15, 0.2) is 30.6 Å². The largest absolute Gasteiger partial charge is 0.395 e. The summed E-state index contributed by atoms with van der Waals surface area (Å²) < 4.78 is 1.97. The highest BCUT2D eigenvalue weighted by Crippen LogP contribution is 2.26. The Hall–Kier alpha value is -2.80. The maximum absolute atomic E-state index is 11.7. The van der Waals surface area contributed by atoms with E-state index < -0.39 is 0 Å². The van der Waals surface area contributed by atoms with E-state index >= 15 is 0 Å². The highest BCUT2D eigenvalue weighted by atomic mass is 16.3. The van der Waals surface area contributed by atoms with Crippen LogP contribution in [0.5, 0.6) is 0 Å². The first kappa shape index (κ1) is 17.0. The minimum Gasteiger partial charge on any atom is -0.395 e. The van der Waals surface area contributed by atoms with E-state index in [2.05, 4.69) is 34.1 Å². The first-order valence-corrected chi connectivity index (χ1v) is 8.22. The molecule has 0 amide bonds. The molecule has 0 bridgehead atoms. The van der Waals surface area contributed by atoms with Crippen molar-refractivity contribution in [2.75, 3.05) is 18.5 Å². The van der Waals surface area contributed by atoms with Crippen molar-refractivity contribution in [2.45, 2.75) is 26.8 Å². The molecule has 7 heteroatoms. The molecule has 3 aromatic rings. The van der Waals surface area contributed by atoms with Crippen molar-refractivity contribution >= 4 is 22.8 Å². The van der Waals surface area contributed by atoms with Gasteiger partial charge in [-0.05, 0) is 26.8 Å². The third-order valence-electron chi connectivity index (χ3n) is 3.91. The molecule has 2 N–H and O–H groups in total. The Balaban J connectivity index is 2.19. The average molecular weight is 339 g/mol. The molecular weight excluding hydrogens is 318 g/mol. The number of nitrogens with one attached hydrogen (secondary N) is 1. The monoisotopic (exact) mass is 339 g/mol. The van der Waals surface area contributed by atoms with E-state index in [0.717, 1.165) is 5.56 Å². The molecular formula is C18H21N5O2. The number of rotatable bonds is 6. The molecule has 0 atom stereocenters. The van der Waals surface area contributed by atoms with Crippen LogP contribution < -0.4 is 5.32 Å². The molecule has 1 aromatic carbocycles. The highest BCUT2D eigenvalue weighted by Gasteiger charge is 2.16. The standard InChI is InChI=1S/C18H21N5O2/c1-11(2)23-10-20-15-17(19-7-8-24)21-16(22-18(15)23)14-6-4-5-13(9-14)12(3)25/h4-6,9-11,24H,7-8H2,1-3H3,(H,19,21,22). The Bertz CT molecular complexity index is 917. The Labute approximate surface area is 145 Å². The summed E-state index contributed by atoms with van der Waals surface area (Å²) in [6, 6.07) is 7.45. The van der Waals surface area contributed by atoms with E-state index in [0.29, 0.717) is 34.9 Å². The molecule has 7 nitrogen and oxygen atoms in total. The van der Waals surface area contributed by atoms with Crippen LogP contribution in [0.4, 0.5) is 5.82 Å². The predicted octanol–water partition coefficient (Wildman–Crippen LogP) is 2.68. The Morgan fingerprint density at radius 1 is 1.32 bits per heavy atom. The van der Waals surface area contributed by atoms with Gasteiger partial charge in [0.05, 0.1) is 12.9 Å². The number of carbonyl (C=O) groups excluding carboxylic acids is 1. The topological polar surface area (TPSA) is 92.9 Å². The SMILES string of the molecule is CC(=O)c1cccc(-c2nc(NCCO)c3ncn(C(C)C)c3n2)c1. The molecule has 0 saturated heterocycles. The van der Waals surface area contributed by atoms with Crippen molar-refractivity contribution < 1.29 is 9.90 Å². The predicted molar refractivity (Wildman–Crippen MR) is 96.7 cm³/mol. The first-order chi connectivity index (χ1) is 12.0. The number of aromatic nitrogens is 4. The van der Waals surface area contributed by atoms with Gasteiger partial charge in [-0.2, -0.15) is 0 Å². The summed E-state index contributed by atoms with van der Waals surface area (Å²) in [4.78, 5) is 25.3. The quantitative estimate of drug-likeness (QED) is 0.671. The lowest BCUT2D eigenvalue weighted by Crippen LogP contribution is -2.09. The second-order valence-corrected chi connectivity index (χ2v) is 6.10. The minimum atomic E-state index is -0.00839. The Morgan fingerprint density at radius 2 is 2.12 bits per heavy atom. The number of Topliss-reactive ketones (excluding diaryl/α,β-unsaturated/α-hetero) is 1. The van der Waals surface area contributed by atoms with Gasteiger partial charge in [-0.25, -0.2) is 15.0 Å². The van der Waals surface area contributed by atoms with Gasteiger partial charge in [-0.15, -0.1) is 0 Å². The van der Waals surface area contributed by atoms with E-state index in [1.54, 1.807) is 18.5 Å². The van der Waals surface area contributed by atoms with Gasteiger partial charge in [0.25, 0.3) is 0 Å². The summed E-state index contributed by atoms with van der Waals surface area (Å²) in [5, 5.41) is 12.2. The van der Waals surface area contributed by atoms with Crippen molar-refractivity contribution in [3.8, 4) is 11.4 Å². The number of aliphatic hydroxyl groups excluding tert-OH is 1. The van der Waals surface area contributed by atoms with Gasteiger partial charge in [-0.1, -0.05) is 18.2 Å². The van der Waals surface area contributed by atoms with Crippen LogP contribution >= 0.6 is 0 Å². The van der Waals surface area contributed by atoms with Gasteiger partial charge in [0.1, 0.15) is 5.52 Å². The molecule has 0 aliphatic heterocycles. The molecule has 0 spiro atoms. The molecule has 0 radical (unpaired) electrons. The summed E-state index contributed by atoms with van der Waals surface area (Å²) >= 11 is 0. The fourth-order valence-corrected chi connectivity index (χ4v) is 2.60. The lowest BCUT2D eigenvalue weighted by molar-refractivity contribution is 0.101. The summed E-state index contributed by atoms with van der Waals surface area (Å²) in [6.07, 6.45) is 1.74. The van der Waals surface area contributed by atoms with Crippen LogP contribution in [0, 0.1) is 0 Å². The Morgan fingerprint density at radius 3 is 2.80 bits per heavy atom. The van der Waals surface area contributed by atoms with Crippen LogP contribution in [0.25, 0.3) is 22.6 Å². The number of carbonyl (C=O) groups is 1. The second-order valence-electron chi connectivity index (χ2n) is 6.10. The smallest absolute Gasteiger partial charge is 0.166 e. The molecule has 0 aliphatic rings. The molecule has 2 heterocycles. The van der Waals surface area contributed by atoms with Crippen molar-refractivity contribution in [1.29, 1.82) is 0 Å². The van der Waals surface area contributed by atoms with E-state index in [1.165, 1.54) is 6.92 Å². The lowest BCUT2D eigenvalue weighted by atomic mass is 10.1. The van der Waals surface area contributed by atoms with Crippen LogP contribution in [0.2, 0.25) is 0 Å². The van der Waals surface area contributed by atoms with E-state index in [-0.39, 0.29) is 18.4 Å². The number of benzene rings is 1. The number of nitrogens with zero attached hydrogens (tertiary/aromatic N) is 4. The normalized spacial score (nSPS) is 11.2. The highest BCUT2D eigenvalue weighted by molar-refractivity contribution is 5.95. The second kappa shape index (κ2) is 6.98. The van der Waals surface area contributed by atoms with Gasteiger partial charge in [0, 0.05) is 23.7 Å². The number of anilines is 1. The number of aliphatic hydroxyl groups is 1. The lowest BCUT2D eigenvalue weighted by Gasteiger charge is -2.11. The van der Waals surface area contributed by atoms with E-state index in [9.17, 15) is 4.79 Å². The summed E-state index contributed by atoms with van der Waals surface area (Å²) in [5.41, 5.74) is 2.75. The van der Waals surface area contributed by atoms with Gasteiger partial charge in [0.15, 0.2) is 23.1 Å². The van der Waals surface area contributed by atoms with E-state index in [4.69, 9.17) is 5.11 Å². The van der Waals surface area contributed by atoms with Crippen LogP contribution in [0.1, 0.15) is 37.2 Å². The maximum atomic E-state index is 11.7. The fraction of sp³-hybridized carbons (Fsp3) is 0.333.